The molecule has 14 heavy (non-hydrogen) atoms. The second-order valence-corrected chi connectivity index (χ2v) is 3.48. The van der Waals surface area contributed by atoms with Gasteiger partial charge in [0, 0.05) is 11.6 Å². The highest BCUT2D eigenvalue weighted by atomic mass is 19.1. The second-order valence-electron chi connectivity index (χ2n) is 3.48. The van der Waals surface area contributed by atoms with Gasteiger partial charge in [0.15, 0.2) is 0 Å². The maximum absolute atomic E-state index is 13.3. The number of rotatable bonds is 2. The third kappa shape index (κ3) is 1.31. The summed E-state index contributed by atoms with van der Waals surface area (Å²) >= 11 is 0. The van der Waals surface area contributed by atoms with Gasteiger partial charge in [0.1, 0.15) is 17.2 Å². The van der Waals surface area contributed by atoms with Crippen LogP contribution in [0, 0.1) is 11.6 Å². The smallest absolute Gasteiger partial charge is 0.145 e. The monoisotopic (exact) mass is 200 g/mol. The number of hydrogen-bond acceptors (Lipinski definition) is 2. The zero-order valence-electron chi connectivity index (χ0n) is 7.63. The minimum absolute atomic E-state index is 0.217. The summed E-state index contributed by atoms with van der Waals surface area (Å²) in [7, 11) is 0. The molecule has 1 heterocycles. The average molecular weight is 200 g/mol. The van der Waals surface area contributed by atoms with Crippen molar-refractivity contribution < 1.29 is 18.6 Å². The molecule has 76 valence electrons. The van der Waals surface area contributed by atoms with Gasteiger partial charge in [-0.3, -0.25) is 0 Å². The molecule has 0 saturated carbocycles. The normalized spacial score (nSPS) is 27.4. The van der Waals surface area contributed by atoms with Crippen LogP contribution in [-0.2, 0) is 10.3 Å². The molecule has 1 aliphatic heterocycles. The molecule has 1 saturated heterocycles. The lowest BCUT2D eigenvalue weighted by atomic mass is 9.94. The van der Waals surface area contributed by atoms with Crippen molar-refractivity contribution in [2.75, 3.05) is 6.61 Å². The van der Waals surface area contributed by atoms with Gasteiger partial charge in [-0.1, -0.05) is 6.07 Å². The van der Waals surface area contributed by atoms with Crippen LogP contribution >= 0.6 is 0 Å². The first kappa shape index (κ1) is 9.55. The van der Waals surface area contributed by atoms with Crippen molar-refractivity contribution in [1.29, 1.82) is 0 Å². The van der Waals surface area contributed by atoms with Gasteiger partial charge in [-0.2, -0.15) is 0 Å². The topological polar surface area (TPSA) is 32.8 Å². The van der Waals surface area contributed by atoms with Crippen LogP contribution < -0.4 is 0 Å². The molecule has 0 aliphatic carbocycles. The van der Waals surface area contributed by atoms with E-state index in [1.165, 1.54) is 13.0 Å². The number of hydrogen-bond donors (Lipinski definition) is 1. The third-order valence-electron chi connectivity index (χ3n) is 2.52. The molecular formula is C10H10F2O2. The zero-order valence-corrected chi connectivity index (χ0v) is 7.63. The summed E-state index contributed by atoms with van der Waals surface area (Å²) in [5.41, 5.74) is -0.744. The summed E-state index contributed by atoms with van der Waals surface area (Å²) in [5.74, 6) is -1.31. The summed E-state index contributed by atoms with van der Waals surface area (Å²) in [6.07, 6.45) is -0.803. The van der Waals surface area contributed by atoms with Gasteiger partial charge in [0.05, 0.1) is 12.7 Å². The molecule has 0 amide bonds. The van der Waals surface area contributed by atoms with E-state index in [-0.39, 0.29) is 12.2 Å². The number of aliphatic hydroxyl groups is 1. The highest BCUT2D eigenvalue weighted by molar-refractivity contribution is 5.30. The molecule has 1 N–H and O–H groups in total. The SMILES string of the molecule is C[C@@H](O)C1(c2ccc(F)cc2F)CO1. The molecule has 0 aromatic heterocycles. The zero-order chi connectivity index (χ0) is 10.3. The summed E-state index contributed by atoms with van der Waals surface area (Å²) < 4.78 is 31.0. The van der Waals surface area contributed by atoms with Crippen LogP contribution in [0.1, 0.15) is 12.5 Å². The van der Waals surface area contributed by atoms with Crippen molar-refractivity contribution in [3.8, 4) is 0 Å². The molecule has 2 nitrogen and oxygen atoms in total. The van der Waals surface area contributed by atoms with Gasteiger partial charge in [-0.15, -0.1) is 0 Å². The minimum atomic E-state index is -0.961. The summed E-state index contributed by atoms with van der Waals surface area (Å²) in [4.78, 5) is 0. The second kappa shape index (κ2) is 3.00. The van der Waals surface area contributed by atoms with E-state index in [1.54, 1.807) is 0 Å². The van der Waals surface area contributed by atoms with Gasteiger partial charge in [-0.05, 0) is 13.0 Å². The molecule has 2 atom stereocenters. The van der Waals surface area contributed by atoms with E-state index in [9.17, 15) is 13.9 Å². The lowest BCUT2D eigenvalue weighted by Crippen LogP contribution is -2.25. The van der Waals surface area contributed by atoms with Crippen molar-refractivity contribution in [3.63, 3.8) is 0 Å². The summed E-state index contributed by atoms with van der Waals surface area (Å²) in [6.45, 7) is 1.79. The predicted molar refractivity (Wildman–Crippen MR) is 45.7 cm³/mol. The van der Waals surface area contributed by atoms with Crippen LogP contribution in [0.2, 0.25) is 0 Å². The number of ether oxygens (including phenoxy) is 1. The fourth-order valence-electron chi connectivity index (χ4n) is 1.53. The molecule has 2 rings (SSSR count). The average Bonchev–Trinajstić information content (AvgIpc) is 2.84. The largest absolute Gasteiger partial charge is 0.390 e. The first-order chi connectivity index (χ1) is 6.56. The maximum Gasteiger partial charge on any atom is 0.145 e. The van der Waals surface area contributed by atoms with Crippen LogP contribution in [0.5, 0.6) is 0 Å². The Kier molecular flexibility index (Phi) is 2.05. The van der Waals surface area contributed by atoms with E-state index in [0.29, 0.717) is 0 Å². The predicted octanol–water partition coefficient (Wildman–Crippen LogP) is 1.57. The number of halogens is 2. The van der Waals surface area contributed by atoms with Crippen LogP contribution in [0.4, 0.5) is 8.78 Å². The van der Waals surface area contributed by atoms with E-state index in [0.717, 1.165) is 12.1 Å². The Balaban J connectivity index is 2.42. The highest BCUT2D eigenvalue weighted by Gasteiger charge is 2.52. The van der Waals surface area contributed by atoms with Gasteiger partial charge < -0.3 is 9.84 Å². The first-order valence-corrected chi connectivity index (χ1v) is 4.34. The van der Waals surface area contributed by atoms with Gasteiger partial charge in [-0.25, -0.2) is 8.78 Å². The fourth-order valence-corrected chi connectivity index (χ4v) is 1.53. The van der Waals surface area contributed by atoms with E-state index < -0.39 is 23.3 Å². The first-order valence-electron chi connectivity index (χ1n) is 4.34. The summed E-state index contributed by atoms with van der Waals surface area (Å²) in [6, 6.07) is 3.26. The fraction of sp³-hybridized carbons (Fsp3) is 0.400. The van der Waals surface area contributed by atoms with Crippen LogP contribution in [0.25, 0.3) is 0 Å². The quantitative estimate of drug-likeness (QED) is 0.735. The highest BCUT2D eigenvalue weighted by Crippen LogP contribution is 2.43. The molecular weight excluding hydrogens is 190 g/mol. The van der Waals surface area contributed by atoms with Gasteiger partial charge >= 0.3 is 0 Å². The van der Waals surface area contributed by atoms with Crippen molar-refractivity contribution in [2.45, 2.75) is 18.6 Å². The van der Waals surface area contributed by atoms with Crippen LogP contribution in [0.3, 0.4) is 0 Å². The van der Waals surface area contributed by atoms with Crippen LogP contribution in [0.15, 0.2) is 18.2 Å². The van der Waals surface area contributed by atoms with Gasteiger partial charge in [0.2, 0.25) is 0 Å². The maximum atomic E-state index is 13.3. The Morgan fingerprint density at radius 1 is 1.50 bits per heavy atom. The molecule has 1 aromatic rings. The molecule has 1 fully saturated rings. The molecule has 1 aliphatic rings. The third-order valence-corrected chi connectivity index (χ3v) is 2.52. The molecule has 1 aromatic carbocycles. The number of aliphatic hydroxyl groups excluding tert-OH is 1. The van der Waals surface area contributed by atoms with Crippen LogP contribution in [-0.4, -0.2) is 17.8 Å². The molecule has 0 bridgehead atoms. The number of epoxide rings is 1. The summed E-state index contributed by atoms with van der Waals surface area (Å²) in [5, 5.41) is 9.40. The molecule has 1 unspecified atom stereocenters. The van der Waals surface area contributed by atoms with Gasteiger partial charge in [0.25, 0.3) is 0 Å². The lowest BCUT2D eigenvalue weighted by molar-refractivity contribution is 0.0863. The Morgan fingerprint density at radius 2 is 2.14 bits per heavy atom. The van der Waals surface area contributed by atoms with Crippen molar-refractivity contribution in [3.05, 3.63) is 35.4 Å². The lowest BCUT2D eigenvalue weighted by Gasteiger charge is -2.15. The molecule has 0 spiro atoms. The Labute approximate surface area is 80.1 Å². The van der Waals surface area contributed by atoms with Crippen molar-refractivity contribution in [2.24, 2.45) is 0 Å². The Bertz CT molecular complexity index is 359. The Hall–Kier alpha value is -1.00. The van der Waals surface area contributed by atoms with E-state index >= 15 is 0 Å². The molecule has 4 heteroatoms. The molecule has 0 radical (unpaired) electrons. The number of benzene rings is 1. The standard InChI is InChI=1S/C10H10F2O2/c1-6(13)10(5-14-10)8-3-2-7(11)4-9(8)12/h2-4,6,13H,5H2,1H3/t6-,10?/m1/s1. The van der Waals surface area contributed by atoms with E-state index in [4.69, 9.17) is 4.74 Å². The minimum Gasteiger partial charge on any atom is -0.390 e. The van der Waals surface area contributed by atoms with Crippen molar-refractivity contribution >= 4 is 0 Å². The van der Waals surface area contributed by atoms with E-state index in [1.807, 2.05) is 0 Å². The van der Waals surface area contributed by atoms with E-state index in [2.05, 4.69) is 0 Å². The Morgan fingerprint density at radius 3 is 2.57 bits per heavy atom. The van der Waals surface area contributed by atoms with Crippen molar-refractivity contribution in [1.82, 2.24) is 0 Å².